The second-order valence-electron chi connectivity index (χ2n) is 5.42. The van der Waals surface area contributed by atoms with Crippen LogP contribution in [0, 0.1) is 0 Å². The van der Waals surface area contributed by atoms with Gasteiger partial charge in [-0.05, 0) is 6.07 Å². The molecule has 0 aromatic rings. The van der Waals surface area contributed by atoms with Gasteiger partial charge in [-0.1, -0.05) is 11.6 Å². The quantitative estimate of drug-likeness (QED) is 0.701. The fraction of sp³-hybridized carbons (Fsp3) is 0.357. The number of nitrogens with zero attached hydrogens (tertiary/aromatic N) is 3. The number of carbonyl (C=O) groups excluding carboxylic acids is 1. The highest BCUT2D eigenvalue weighted by Gasteiger charge is 2.48. The summed E-state index contributed by atoms with van der Waals surface area (Å²) in [6.07, 6.45) is 1.07. The molecule has 0 bridgehead atoms. The number of fused-ring (bicyclic) bond motifs is 3. The predicted octanol–water partition coefficient (Wildman–Crippen LogP) is -0.445. The molecule has 1 N–H and O–H groups in total. The molecule has 0 spiro atoms. The third-order valence-corrected chi connectivity index (χ3v) is 6.88. The molecule has 4 rings (SSSR count). The number of aromatic carboxylic acids is 1. The number of rotatable bonds is 2. The maximum Gasteiger partial charge on any atom is 0.274 e. The van der Waals surface area contributed by atoms with Gasteiger partial charge in [0.25, 0.3) is 5.03 Å². The number of pyridine rings is 2. The van der Waals surface area contributed by atoms with Crippen molar-refractivity contribution >= 4 is 41.1 Å². The van der Waals surface area contributed by atoms with Crippen molar-refractivity contribution in [1.29, 1.82) is 0 Å². The van der Waals surface area contributed by atoms with Gasteiger partial charge >= 0.3 is 0 Å². The van der Waals surface area contributed by atoms with Gasteiger partial charge in [-0.15, -0.1) is 16.7 Å². The number of carboxylic acids is 1. The summed E-state index contributed by atoms with van der Waals surface area (Å²) in [7, 11) is 0. The Bertz CT molecular complexity index is 838. The van der Waals surface area contributed by atoms with E-state index in [4.69, 9.17) is 11.6 Å². The van der Waals surface area contributed by atoms with Crippen LogP contribution in [-0.2, 0) is 17.0 Å². The van der Waals surface area contributed by atoms with Crippen LogP contribution >= 0.6 is 24.0 Å². The van der Waals surface area contributed by atoms with E-state index in [9.17, 15) is 14.7 Å². The Morgan fingerprint density at radius 1 is 1.38 bits per heavy atom. The molecule has 4 aliphatic heterocycles. The van der Waals surface area contributed by atoms with Gasteiger partial charge < -0.3 is 15.2 Å². The number of nitrogens with one attached hydrogen (secondary N) is 1. The molecule has 1 unspecified atom stereocenters. The van der Waals surface area contributed by atoms with E-state index in [1.165, 1.54) is 6.07 Å². The molecule has 24 heavy (non-hydrogen) atoms. The number of halogens is 2. The van der Waals surface area contributed by atoms with Crippen molar-refractivity contribution in [3.05, 3.63) is 33.1 Å². The average molecular weight is 389 g/mol. The molecular formula is C14H14Cl2N4O3S. The minimum atomic E-state index is -1.52. The number of hydrogen-bond acceptors (Lipinski definition) is 6. The van der Waals surface area contributed by atoms with Crippen molar-refractivity contribution in [3.8, 4) is 11.4 Å². The third-order valence-electron chi connectivity index (χ3n) is 4.10. The van der Waals surface area contributed by atoms with Crippen molar-refractivity contribution in [3.63, 3.8) is 0 Å². The molecule has 1 fully saturated rings. The van der Waals surface area contributed by atoms with Crippen molar-refractivity contribution in [2.75, 3.05) is 26.2 Å². The zero-order valence-electron chi connectivity index (χ0n) is 12.5. The van der Waals surface area contributed by atoms with Gasteiger partial charge in [0.05, 0.1) is 30.2 Å². The van der Waals surface area contributed by atoms with E-state index in [1.807, 2.05) is 4.57 Å². The highest BCUT2D eigenvalue weighted by Crippen LogP contribution is 2.40. The molecule has 10 heteroatoms. The average Bonchev–Trinajstić information content (AvgIpc) is 2.49. The third kappa shape index (κ3) is 2.58. The van der Waals surface area contributed by atoms with Crippen LogP contribution in [0.2, 0.25) is 5.02 Å². The summed E-state index contributed by atoms with van der Waals surface area (Å²) in [5.41, 5.74) is -0.806. The lowest BCUT2D eigenvalue weighted by molar-refractivity contribution is -0.255. The first kappa shape index (κ1) is 17.5. The Labute approximate surface area is 151 Å². The first-order valence-corrected chi connectivity index (χ1v) is 8.91. The van der Waals surface area contributed by atoms with Crippen LogP contribution in [-0.4, -0.2) is 46.0 Å². The van der Waals surface area contributed by atoms with Crippen LogP contribution < -0.4 is 15.9 Å². The van der Waals surface area contributed by atoms with Crippen molar-refractivity contribution in [2.24, 2.45) is 0 Å². The molecule has 7 nitrogen and oxygen atoms in total. The van der Waals surface area contributed by atoms with Crippen LogP contribution in [0.1, 0.15) is 10.4 Å². The molecule has 0 aliphatic carbocycles. The Balaban J connectivity index is 0.00000169. The smallest absolute Gasteiger partial charge is 0.274 e. The lowest BCUT2D eigenvalue weighted by atomic mass is 10.1. The van der Waals surface area contributed by atoms with E-state index in [-0.39, 0.29) is 29.1 Å². The van der Waals surface area contributed by atoms with Gasteiger partial charge in [-0.2, -0.15) is 0 Å². The summed E-state index contributed by atoms with van der Waals surface area (Å²) in [6.45, 7) is 3.82. The van der Waals surface area contributed by atoms with Gasteiger partial charge in [0.2, 0.25) is 5.88 Å². The Morgan fingerprint density at radius 3 is 2.75 bits per heavy atom. The molecule has 0 aromatic heterocycles. The van der Waals surface area contributed by atoms with Crippen LogP contribution in [0.4, 0.5) is 0 Å². The minimum Gasteiger partial charge on any atom is -0.545 e. The molecule has 0 aromatic carbocycles. The number of carboxylic acid groups (broad SMARTS) is 1. The highest BCUT2D eigenvalue weighted by atomic mass is 35.5. The second-order valence-corrected chi connectivity index (χ2v) is 7.72. The Kier molecular flexibility index (Phi) is 4.76. The molecule has 0 radical (unpaired) electrons. The van der Waals surface area contributed by atoms with Gasteiger partial charge in [0, 0.05) is 19.3 Å². The molecule has 0 saturated carbocycles. The predicted molar refractivity (Wildman–Crippen MR) is 91.8 cm³/mol. The topological polar surface area (TPSA) is 90.3 Å². The van der Waals surface area contributed by atoms with Crippen LogP contribution in [0.3, 0.4) is 0 Å². The zero-order valence-corrected chi connectivity index (χ0v) is 14.8. The molecule has 4 heterocycles. The van der Waals surface area contributed by atoms with E-state index < -0.39 is 17.0 Å². The van der Waals surface area contributed by atoms with Gasteiger partial charge in [-0.3, -0.25) is 4.79 Å². The van der Waals surface area contributed by atoms with E-state index in [2.05, 4.69) is 14.6 Å². The number of aromatic nitrogens is 2. The molecular weight excluding hydrogens is 375 g/mol. The largest absolute Gasteiger partial charge is 0.545 e. The monoisotopic (exact) mass is 388 g/mol. The number of piperazine rings is 1. The van der Waals surface area contributed by atoms with Crippen molar-refractivity contribution in [2.45, 2.75) is 10.9 Å². The van der Waals surface area contributed by atoms with E-state index >= 15 is 0 Å². The van der Waals surface area contributed by atoms with Gasteiger partial charge in [0.15, 0.2) is 22.3 Å². The molecule has 0 amide bonds. The fourth-order valence-corrected chi connectivity index (χ4v) is 5.55. The van der Waals surface area contributed by atoms with Crippen LogP contribution in [0.25, 0.3) is 11.4 Å². The maximum atomic E-state index is 12.2. The van der Waals surface area contributed by atoms with Gasteiger partial charge in [0.1, 0.15) is 5.02 Å². The zero-order chi connectivity index (χ0) is 16.1. The van der Waals surface area contributed by atoms with Crippen molar-refractivity contribution in [1.82, 2.24) is 19.2 Å². The molecule has 128 valence electrons. The maximum absolute atomic E-state index is 12.2. The van der Waals surface area contributed by atoms with E-state index in [0.717, 1.165) is 43.3 Å². The highest BCUT2D eigenvalue weighted by molar-refractivity contribution is 7.94. The Hall–Kier alpha value is -1.32. The molecule has 1 atom stereocenters. The summed E-state index contributed by atoms with van der Waals surface area (Å²) in [5, 5.41) is 15.7. The standard InChI is InChI=1S/C14H13ClN4O3S.ClH/c15-10-5-8-11(20)9(14(21)22)6-17-12(8)19-7-23(13(10)19)18-3-1-16-2-4-18;/h5-6,16H,1-4,7H2;1H. The molecule has 4 aliphatic rings. The van der Waals surface area contributed by atoms with Gasteiger partial charge in [-0.25, -0.2) is 9.55 Å². The normalized spacial score (nSPS) is 20.1. The van der Waals surface area contributed by atoms with E-state index in [0.29, 0.717) is 10.8 Å². The van der Waals surface area contributed by atoms with E-state index in [1.54, 1.807) is 0 Å². The van der Waals surface area contributed by atoms with Crippen molar-refractivity contribution < 1.29 is 9.90 Å². The van der Waals surface area contributed by atoms with Crippen LogP contribution in [0.5, 0.6) is 0 Å². The Morgan fingerprint density at radius 2 is 2.08 bits per heavy atom. The first-order chi connectivity index (χ1) is 11.1. The summed E-state index contributed by atoms with van der Waals surface area (Å²) < 4.78 is 4.29. The number of carbonyl (C=O) groups is 1. The summed E-state index contributed by atoms with van der Waals surface area (Å²) in [5.74, 6) is -0.309. The lowest BCUT2D eigenvalue weighted by Crippen LogP contribution is -2.51. The summed E-state index contributed by atoms with van der Waals surface area (Å²) >= 11 is 6.28. The first-order valence-electron chi connectivity index (χ1n) is 7.18. The minimum absolute atomic E-state index is 0. The SMILES string of the molecule is Cl.O=C([O-])c1cnc2n3c(c(Cl)cc-2c1=O)[S+](N1CCNCC1)C3. The van der Waals surface area contributed by atoms with Crippen LogP contribution in [0.15, 0.2) is 22.1 Å². The molecule has 1 saturated heterocycles. The number of hydrogen-bond donors (Lipinski definition) is 1. The second kappa shape index (κ2) is 6.53. The lowest BCUT2D eigenvalue weighted by Gasteiger charge is -2.34. The fourth-order valence-electron chi connectivity index (χ4n) is 2.95. The summed E-state index contributed by atoms with van der Waals surface area (Å²) in [6, 6.07) is 1.53. The summed E-state index contributed by atoms with van der Waals surface area (Å²) in [4.78, 5) is 27.4.